The Labute approximate surface area is 187 Å². The molecule has 4 heteroatoms. The fourth-order valence-corrected chi connectivity index (χ4v) is 3.56. The number of allylic oxidation sites excluding steroid dienone is 1. The van der Waals surface area contributed by atoms with Gasteiger partial charge in [0.2, 0.25) is 0 Å². The summed E-state index contributed by atoms with van der Waals surface area (Å²) >= 11 is 0. The van der Waals surface area contributed by atoms with Gasteiger partial charge in [-0.15, -0.1) is 0 Å². The van der Waals surface area contributed by atoms with Gasteiger partial charge in [0.1, 0.15) is 25.2 Å². The molecule has 0 aliphatic rings. The molecule has 0 N–H and O–H groups in total. The molecule has 0 unspecified atom stereocenters. The van der Waals surface area contributed by atoms with E-state index >= 15 is 0 Å². The van der Waals surface area contributed by atoms with E-state index < -0.39 is 0 Å². The van der Waals surface area contributed by atoms with Gasteiger partial charge in [-0.3, -0.25) is 0 Å². The predicted molar refractivity (Wildman–Crippen MR) is 130 cm³/mol. The molecule has 168 valence electrons. The molecule has 0 spiro atoms. The molecule has 0 saturated carbocycles. The number of hydrogen-bond donors (Lipinski definition) is 0. The van der Waals surface area contributed by atoms with Gasteiger partial charge in [-0.2, -0.15) is 0 Å². The van der Waals surface area contributed by atoms with Gasteiger partial charge in [-0.1, -0.05) is 48.9 Å². The van der Waals surface area contributed by atoms with Crippen molar-refractivity contribution >= 4 is 5.71 Å². The zero-order valence-electron chi connectivity index (χ0n) is 19.7. The molecule has 2 rings (SSSR count). The van der Waals surface area contributed by atoms with E-state index in [2.05, 4.69) is 50.2 Å². The minimum absolute atomic E-state index is 0.591. The normalized spacial score (nSPS) is 11.7. The first-order valence-electron chi connectivity index (χ1n) is 11.3. The maximum atomic E-state index is 6.11. The van der Waals surface area contributed by atoms with Crippen molar-refractivity contribution in [3.8, 4) is 11.5 Å². The van der Waals surface area contributed by atoms with Crippen molar-refractivity contribution in [3.05, 3.63) is 70.8 Å². The van der Waals surface area contributed by atoms with E-state index in [0.29, 0.717) is 13.2 Å². The first-order chi connectivity index (χ1) is 15.1. The second kappa shape index (κ2) is 13.5. The molecule has 0 saturated heterocycles. The molecule has 0 aliphatic carbocycles. The van der Waals surface area contributed by atoms with Crippen LogP contribution in [0.4, 0.5) is 0 Å². The molecule has 0 aliphatic heterocycles. The van der Waals surface area contributed by atoms with Crippen LogP contribution in [0, 0.1) is 13.8 Å². The van der Waals surface area contributed by atoms with Gasteiger partial charge in [-0.05, 0) is 86.9 Å². The van der Waals surface area contributed by atoms with Crippen molar-refractivity contribution in [2.24, 2.45) is 5.16 Å². The zero-order valence-corrected chi connectivity index (χ0v) is 19.7. The van der Waals surface area contributed by atoms with Crippen molar-refractivity contribution in [2.45, 2.75) is 59.8 Å². The molecule has 2 aromatic rings. The third-order valence-electron chi connectivity index (χ3n) is 5.07. The van der Waals surface area contributed by atoms with Crippen LogP contribution >= 0.6 is 0 Å². The number of aryl methyl sites for hydroxylation is 3. The Balaban J connectivity index is 1.84. The van der Waals surface area contributed by atoms with Crippen LogP contribution in [0.1, 0.15) is 61.8 Å². The van der Waals surface area contributed by atoms with Crippen LogP contribution in [0.15, 0.2) is 53.7 Å². The maximum Gasteiger partial charge on any atom is 0.125 e. The van der Waals surface area contributed by atoms with Crippen molar-refractivity contribution in [1.29, 1.82) is 0 Å². The summed E-state index contributed by atoms with van der Waals surface area (Å²) in [4.78, 5) is 5.02. The van der Waals surface area contributed by atoms with Crippen LogP contribution < -0.4 is 9.47 Å². The molecule has 0 aromatic heterocycles. The Morgan fingerprint density at radius 3 is 2.48 bits per heavy atom. The molecule has 2 aromatic carbocycles. The summed E-state index contributed by atoms with van der Waals surface area (Å²) in [5, 5.41) is 4.20. The Hall–Kier alpha value is -2.75. The lowest BCUT2D eigenvalue weighted by atomic mass is 10.0. The number of oxime groups is 1. The molecule has 0 bridgehead atoms. The quantitative estimate of drug-likeness (QED) is 0.154. The van der Waals surface area contributed by atoms with Gasteiger partial charge < -0.3 is 14.3 Å². The number of unbranched alkanes of at least 4 members (excludes halogenated alkanes) is 1. The summed E-state index contributed by atoms with van der Waals surface area (Å²) in [6.07, 6.45) is 9.07. The molecule has 0 heterocycles. The largest absolute Gasteiger partial charge is 0.493 e. The van der Waals surface area contributed by atoms with Gasteiger partial charge in [0.15, 0.2) is 0 Å². The van der Waals surface area contributed by atoms with Gasteiger partial charge >= 0.3 is 0 Å². The first-order valence-corrected chi connectivity index (χ1v) is 11.3. The first kappa shape index (κ1) is 24.5. The van der Waals surface area contributed by atoms with Gasteiger partial charge in [0.05, 0.1) is 12.3 Å². The van der Waals surface area contributed by atoms with Gasteiger partial charge in [0, 0.05) is 0 Å². The topological polar surface area (TPSA) is 40.0 Å². The second-order valence-electron chi connectivity index (χ2n) is 7.74. The molecular weight excluding hydrogens is 386 g/mol. The van der Waals surface area contributed by atoms with E-state index in [4.69, 9.17) is 14.3 Å². The fourth-order valence-electron chi connectivity index (χ4n) is 3.56. The Kier molecular flexibility index (Phi) is 10.7. The lowest BCUT2D eigenvalue weighted by Crippen LogP contribution is -2.04. The zero-order chi connectivity index (χ0) is 22.5. The second-order valence-corrected chi connectivity index (χ2v) is 7.74. The minimum Gasteiger partial charge on any atom is -0.493 e. The highest BCUT2D eigenvalue weighted by Crippen LogP contribution is 2.28. The van der Waals surface area contributed by atoms with E-state index in [1.165, 1.54) is 5.56 Å². The minimum atomic E-state index is 0.591. The monoisotopic (exact) mass is 423 g/mol. The highest BCUT2D eigenvalue weighted by molar-refractivity contribution is 6.00. The van der Waals surface area contributed by atoms with Crippen molar-refractivity contribution in [3.63, 3.8) is 0 Å². The summed E-state index contributed by atoms with van der Waals surface area (Å²) in [6, 6.07) is 12.7. The van der Waals surface area contributed by atoms with E-state index in [-0.39, 0.29) is 0 Å². The number of hydrogen-bond acceptors (Lipinski definition) is 4. The summed E-state index contributed by atoms with van der Waals surface area (Å²) in [7, 11) is 1.60. The highest BCUT2D eigenvalue weighted by Gasteiger charge is 2.08. The third kappa shape index (κ3) is 8.12. The van der Waals surface area contributed by atoms with Crippen molar-refractivity contribution in [1.82, 2.24) is 0 Å². The smallest absolute Gasteiger partial charge is 0.125 e. The van der Waals surface area contributed by atoms with Gasteiger partial charge in [-0.25, -0.2) is 0 Å². The summed E-state index contributed by atoms with van der Waals surface area (Å²) in [6.45, 7) is 9.60. The lowest BCUT2D eigenvalue weighted by molar-refractivity contribution is 0.213. The SMILES string of the molecule is C/C=C/COc1cc(C)c(OCCCCc2cccc(/C(CCC)=N/OC)c2)c(C)c1. The Morgan fingerprint density at radius 2 is 1.81 bits per heavy atom. The molecule has 0 atom stereocenters. The fraction of sp³-hybridized carbons (Fsp3) is 0.444. The standard InChI is InChI=1S/C27H37NO3/c1-6-8-16-30-25-18-21(3)27(22(4)19-25)31-17-10-9-13-23-14-11-15-24(20-23)26(12-7-2)28-29-5/h6,8,11,14-15,18-20H,7,9-10,12-13,16-17H2,1-5H3/b8-6+,28-26+. The number of ether oxygens (including phenoxy) is 2. The van der Waals surface area contributed by atoms with E-state index in [9.17, 15) is 0 Å². The number of benzene rings is 2. The summed E-state index contributed by atoms with van der Waals surface area (Å²) < 4.78 is 11.9. The number of nitrogens with zero attached hydrogens (tertiary/aromatic N) is 1. The van der Waals surface area contributed by atoms with Crippen LogP contribution in [0.2, 0.25) is 0 Å². The van der Waals surface area contributed by atoms with Crippen LogP contribution in [-0.2, 0) is 11.3 Å². The Morgan fingerprint density at radius 1 is 1.03 bits per heavy atom. The molecule has 0 radical (unpaired) electrons. The van der Waals surface area contributed by atoms with Crippen molar-refractivity contribution < 1.29 is 14.3 Å². The van der Waals surface area contributed by atoms with Crippen molar-refractivity contribution in [2.75, 3.05) is 20.3 Å². The Bertz CT molecular complexity index is 848. The molecular formula is C27H37NO3. The lowest BCUT2D eigenvalue weighted by Gasteiger charge is -2.14. The summed E-state index contributed by atoms with van der Waals surface area (Å²) in [5.41, 5.74) is 5.72. The molecule has 0 fully saturated rings. The average molecular weight is 424 g/mol. The number of rotatable bonds is 13. The van der Waals surface area contributed by atoms with Crippen LogP contribution in [0.3, 0.4) is 0 Å². The van der Waals surface area contributed by atoms with Crippen LogP contribution in [0.5, 0.6) is 11.5 Å². The molecule has 4 nitrogen and oxygen atoms in total. The predicted octanol–water partition coefficient (Wildman–Crippen LogP) is 6.81. The van der Waals surface area contributed by atoms with E-state index in [1.807, 2.05) is 31.2 Å². The van der Waals surface area contributed by atoms with Gasteiger partial charge in [0.25, 0.3) is 0 Å². The van der Waals surface area contributed by atoms with E-state index in [1.54, 1.807) is 7.11 Å². The molecule has 0 amide bonds. The van der Waals surface area contributed by atoms with E-state index in [0.717, 1.165) is 66.0 Å². The highest BCUT2D eigenvalue weighted by atomic mass is 16.6. The maximum absolute atomic E-state index is 6.11. The van der Waals surface area contributed by atoms with Crippen LogP contribution in [-0.4, -0.2) is 26.0 Å². The molecule has 31 heavy (non-hydrogen) atoms. The van der Waals surface area contributed by atoms with Crippen LogP contribution in [0.25, 0.3) is 0 Å². The third-order valence-corrected chi connectivity index (χ3v) is 5.07. The average Bonchev–Trinajstić information content (AvgIpc) is 2.75. The summed E-state index contributed by atoms with van der Waals surface area (Å²) in [5.74, 6) is 1.86.